The summed E-state index contributed by atoms with van der Waals surface area (Å²) in [5.41, 5.74) is 0.535. The summed E-state index contributed by atoms with van der Waals surface area (Å²) in [4.78, 5) is 17.7. The average Bonchev–Trinajstić information content (AvgIpc) is 2.99. The fourth-order valence-electron chi connectivity index (χ4n) is 1.48. The lowest BCUT2D eigenvalue weighted by Crippen LogP contribution is -2.42. The number of hydrogen-bond acceptors (Lipinski definition) is 5. The third-order valence-electron chi connectivity index (χ3n) is 2.39. The minimum Gasteiger partial charge on any atom is -0.480 e. The molecule has 20 heavy (non-hydrogen) atoms. The van der Waals surface area contributed by atoms with Crippen molar-refractivity contribution in [2.45, 2.75) is 16.7 Å². The number of nitrogens with zero attached hydrogens (tertiary/aromatic N) is 1. The number of hydrogen-bond donors (Lipinski definition) is 3. The summed E-state index contributed by atoms with van der Waals surface area (Å²) in [6.45, 7) is 0. The number of H-pyrrole nitrogens is 1. The Morgan fingerprint density at radius 1 is 1.55 bits per heavy atom. The molecule has 1 atom stereocenters. The van der Waals surface area contributed by atoms with Crippen molar-refractivity contribution in [3.63, 3.8) is 0 Å². The van der Waals surface area contributed by atoms with Crippen LogP contribution in [0.5, 0.6) is 0 Å². The second kappa shape index (κ2) is 6.04. The van der Waals surface area contributed by atoms with Crippen LogP contribution in [0.15, 0.2) is 32.7 Å². The Kier molecular flexibility index (Phi) is 4.58. The summed E-state index contributed by atoms with van der Waals surface area (Å²) < 4.78 is 27.0. The van der Waals surface area contributed by atoms with Crippen LogP contribution in [-0.4, -0.2) is 35.5 Å². The first-order chi connectivity index (χ1) is 9.38. The normalized spacial score (nSPS) is 13.2. The van der Waals surface area contributed by atoms with Gasteiger partial charge in [-0.25, -0.2) is 13.4 Å². The standard InChI is InChI=1S/C10H10BrN3O4S2/c11-8-1-2-9(19-8)20(17,18)14-7(10(15)16)3-6-4-12-5-13-6/h1-2,4-5,7,14H,3H2,(H,12,13)(H,15,16)/t7-/m1/s1. The molecule has 0 fully saturated rings. The van der Waals surface area contributed by atoms with Crippen LogP contribution in [0.25, 0.3) is 0 Å². The van der Waals surface area contributed by atoms with Gasteiger partial charge in [0.05, 0.1) is 10.1 Å². The van der Waals surface area contributed by atoms with Gasteiger partial charge in [0.2, 0.25) is 0 Å². The highest BCUT2D eigenvalue weighted by Gasteiger charge is 2.27. The highest BCUT2D eigenvalue weighted by atomic mass is 79.9. The number of carbonyl (C=O) groups is 1. The zero-order chi connectivity index (χ0) is 14.8. The molecule has 2 rings (SSSR count). The van der Waals surface area contributed by atoms with Gasteiger partial charge in [-0.3, -0.25) is 4.79 Å². The van der Waals surface area contributed by atoms with E-state index in [4.69, 9.17) is 5.11 Å². The summed E-state index contributed by atoms with van der Waals surface area (Å²) in [7, 11) is -3.86. The van der Waals surface area contributed by atoms with Crippen LogP contribution < -0.4 is 4.72 Å². The molecule has 108 valence electrons. The Morgan fingerprint density at radius 3 is 2.80 bits per heavy atom. The zero-order valence-corrected chi connectivity index (χ0v) is 13.1. The predicted octanol–water partition coefficient (Wildman–Crippen LogP) is 1.21. The van der Waals surface area contributed by atoms with Gasteiger partial charge in [0.15, 0.2) is 0 Å². The molecule has 2 aromatic rings. The topological polar surface area (TPSA) is 112 Å². The molecule has 7 nitrogen and oxygen atoms in total. The molecule has 0 aromatic carbocycles. The lowest BCUT2D eigenvalue weighted by molar-refractivity contribution is -0.138. The Balaban J connectivity index is 2.17. The molecule has 0 aliphatic carbocycles. The maximum atomic E-state index is 12.1. The van der Waals surface area contributed by atoms with Crippen LogP contribution in [0.2, 0.25) is 0 Å². The van der Waals surface area contributed by atoms with E-state index in [1.807, 2.05) is 0 Å². The van der Waals surface area contributed by atoms with E-state index in [-0.39, 0.29) is 10.6 Å². The van der Waals surface area contributed by atoms with Crippen molar-refractivity contribution in [3.8, 4) is 0 Å². The maximum absolute atomic E-state index is 12.1. The van der Waals surface area contributed by atoms with Crippen LogP contribution in [-0.2, 0) is 21.2 Å². The van der Waals surface area contributed by atoms with Gasteiger partial charge in [0.1, 0.15) is 10.3 Å². The number of sulfonamides is 1. The van der Waals surface area contributed by atoms with E-state index < -0.39 is 22.0 Å². The van der Waals surface area contributed by atoms with Gasteiger partial charge in [0.25, 0.3) is 10.0 Å². The van der Waals surface area contributed by atoms with Gasteiger partial charge >= 0.3 is 5.97 Å². The predicted molar refractivity (Wildman–Crippen MR) is 76.1 cm³/mol. The Morgan fingerprint density at radius 2 is 2.30 bits per heavy atom. The third-order valence-corrected chi connectivity index (χ3v) is 5.97. The molecule has 0 radical (unpaired) electrons. The highest BCUT2D eigenvalue weighted by molar-refractivity contribution is 9.11. The number of carboxylic acid groups (broad SMARTS) is 1. The molecule has 0 aliphatic heterocycles. The molecule has 0 aliphatic rings. The highest BCUT2D eigenvalue weighted by Crippen LogP contribution is 2.26. The van der Waals surface area contributed by atoms with E-state index in [9.17, 15) is 13.2 Å². The van der Waals surface area contributed by atoms with Gasteiger partial charge in [-0.2, -0.15) is 4.72 Å². The molecule has 2 heterocycles. The molecular formula is C10H10BrN3O4S2. The summed E-state index contributed by atoms with van der Waals surface area (Å²) in [5.74, 6) is -1.25. The van der Waals surface area contributed by atoms with Crippen LogP contribution in [0.3, 0.4) is 0 Å². The smallest absolute Gasteiger partial charge is 0.322 e. The quantitative estimate of drug-likeness (QED) is 0.697. The van der Waals surface area contributed by atoms with Crippen molar-refractivity contribution in [1.82, 2.24) is 14.7 Å². The third kappa shape index (κ3) is 3.66. The van der Waals surface area contributed by atoms with Crippen molar-refractivity contribution in [3.05, 3.63) is 34.1 Å². The number of nitrogens with one attached hydrogen (secondary N) is 2. The van der Waals surface area contributed by atoms with Crippen molar-refractivity contribution in [2.24, 2.45) is 0 Å². The van der Waals surface area contributed by atoms with E-state index >= 15 is 0 Å². The van der Waals surface area contributed by atoms with Gasteiger partial charge < -0.3 is 10.1 Å². The van der Waals surface area contributed by atoms with Gasteiger partial charge in [-0.1, -0.05) is 0 Å². The molecule has 0 unspecified atom stereocenters. The van der Waals surface area contributed by atoms with E-state index in [1.54, 1.807) is 6.07 Å². The number of carboxylic acids is 1. The molecular weight excluding hydrogens is 370 g/mol. The molecule has 2 aromatic heterocycles. The molecule has 3 N–H and O–H groups in total. The van der Waals surface area contributed by atoms with Crippen LogP contribution in [0.1, 0.15) is 5.69 Å². The number of imidazole rings is 1. The zero-order valence-electron chi connectivity index (χ0n) is 9.91. The SMILES string of the molecule is O=C(O)[C@@H](Cc1cnc[nH]1)NS(=O)(=O)c1ccc(Br)s1. The van der Waals surface area contributed by atoms with Crippen LogP contribution in [0, 0.1) is 0 Å². The number of aliphatic carboxylic acids is 1. The fourth-order valence-corrected chi connectivity index (χ4v) is 4.70. The Hall–Kier alpha value is -1.23. The molecule has 0 saturated carbocycles. The van der Waals surface area contributed by atoms with E-state index in [0.717, 1.165) is 11.3 Å². The number of thiophene rings is 1. The molecule has 0 amide bonds. The maximum Gasteiger partial charge on any atom is 0.322 e. The minimum atomic E-state index is -3.86. The van der Waals surface area contributed by atoms with Crippen LogP contribution in [0.4, 0.5) is 0 Å². The Bertz CT molecular complexity index is 696. The van der Waals surface area contributed by atoms with E-state index in [1.165, 1.54) is 18.6 Å². The average molecular weight is 380 g/mol. The summed E-state index contributed by atoms with van der Waals surface area (Å²) >= 11 is 4.17. The Labute approximate surface area is 127 Å². The molecule has 0 saturated heterocycles. The van der Waals surface area contributed by atoms with E-state index in [0.29, 0.717) is 9.48 Å². The minimum absolute atomic E-state index is 0.0128. The van der Waals surface area contributed by atoms with Crippen molar-refractivity contribution < 1.29 is 18.3 Å². The summed E-state index contributed by atoms with van der Waals surface area (Å²) in [6.07, 6.45) is 2.84. The lowest BCUT2D eigenvalue weighted by atomic mass is 10.2. The molecule has 0 bridgehead atoms. The number of aromatic amines is 1. The number of rotatable bonds is 6. The van der Waals surface area contributed by atoms with E-state index in [2.05, 4.69) is 30.6 Å². The largest absolute Gasteiger partial charge is 0.480 e. The van der Waals surface area contributed by atoms with Gasteiger partial charge in [0, 0.05) is 18.3 Å². The van der Waals surface area contributed by atoms with Crippen molar-refractivity contribution in [2.75, 3.05) is 0 Å². The first-order valence-electron chi connectivity index (χ1n) is 5.36. The summed E-state index contributed by atoms with van der Waals surface area (Å²) in [5, 5.41) is 9.12. The lowest BCUT2D eigenvalue weighted by Gasteiger charge is -2.12. The first-order valence-corrected chi connectivity index (χ1v) is 8.45. The second-order valence-electron chi connectivity index (χ2n) is 3.85. The summed E-state index contributed by atoms with van der Waals surface area (Å²) in [6, 6.07) is 1.73. The molecule has 0 spiro atoms. The number of halogens is 1. The van der Waals surface area contributed by atoms with Gasteiger partial charge in [-0.05, 0) is 28.1 Å². The number of aromatic nitrogens is 2. The van der Waals surface area contributed by atoms with Crippen LogP contribution >= 0.6 is 27.3 Å². The fraction of sp³-hybridized carbons (Fsp3) is 0.200. The second-order valence-corrected chi connectivity index (χ2v) is 8.26. The molecule has 10 heteroatoms. The van der Waals surface area contributed by atoms with Crippen molar-refractivity contribution >= 4 is 43.3 Å². The van der Waals surface area contributed by atoms with Crippen molar-refractivity contribution in [1.29, 1.82) is 0 Å². The van der Waals surface area contributed by atoms with Gasteiger partial charge in [-0.15, -0.1) is 11.3 Å². The monoisotopic (exact) mass is 379 g/mol. The first kappa shape index (κ1) is 15.2.